The third-order valence-corrected chi connectivity index (χ3v) is 5.23. The number of benzene rings is 2. The van der Waals surface area contributed by atoms with Crippen LogP contribution in [-0.2, 0) is 23.1 Å². The lowest BCUT2D eigenvalue weighted by atomic mass is 10.1. The van der Waals surface area contributed by atoms with Crippen molar-refractivity contribution in [2.75, 3.05) is 0 Å². The molecule has 7 heteroatoms. The third kappa shape index (κ3) is 3.19. The van der Waals surface area contributed by atoms with Crippen LogP contribution in [0.1, 0.15) is 16.7 Å². The van der Waals surface area contributed by atoms with E-state index in [1.54, 1.807) is 6.92 Å². The Morgan fingerprint density at radius 1 is 1.12 bits per heavy atom. The number of nitrogens with one attached hydrogen (secondary N) is 1. The molecule has 0 atom stereocenters. The summed E-state index contributed by atoms with van der Waals surface area (Å²) in [6.07, 6.45) is 0. The fourth-order valence-electron chi connectivity index (χ4n) is 2.46. The number of hydrogen-bond donors (Lipinski definition) is 2. The van der Waals surface area contributed by atoms with Crippen molar-refractivity contribution >= 4 is 21.0 Å². The third-order valence-electron chi connectivity index (χ3n) is 3.82. The van der Waals surface area contributed by atoms with E-state index in [4.69, 9.17) is 10.2 Å². The zero-order chi connectivity index (χ0) is 17.3. The molecule has 2 aromatic carbocycles. The average molecular weight is 348 g/mol. The zero-order valence-electron chi connectivity index (χ0n) is 13.0. The quantitative estimate of drug-likeness (QED) is 0.742. The molecule has 0 aliphatic heterocycles. The van der Waals surface area contributed by atoms with Crippen LogP contribution in [0.3, 0.4) is 0 Å². The Kier molecular flexibility index (Phi) is 4.40. The molecule has 0 radical (unpaired) electrons. The molecule has 0 aliphatic carbocycles. The Morgan fingerprint density at radius 2 is 1.79 bits per heavy atom. The minimum atomic E-state index is -3.84. The Labute approximate surface area is 139 Å². The molecule has 3 N–H and O–H groups in total. The van der Waals surface area contributed by atoms with Gasteiger partial charge >= 0.3 is 0 Å². The van der Waals surface area contributed by atoms with Crippen molar-refractivity contribution in [2.24, 2.45) is 5.73 Å². The standard InChI is InChI=1S/C17H17FN2O3S/c1-11-15-8-14(18)6-7-16(15)23-17(11)24(21,22)20-10-13-4-2-12(9-19)3-5-13/h2-8,20H,9-10,19H2,1H3. The van der Waals surface area contributed by atoms with Gasteiger partial charge in [-0.05, 0) is 36.2 Å². The molecule has 0 bridgehead atoms. The predicted octanol–water partition coefficient (Wildman–Crippen LogP) is 2.82. The molecule has 3 aromatic rings. The van der Waals surface area contributed by atoms with Gasteiger partial charge in [0.25, 0.3) is 10.0 Å². The summed E-state index contributed by atoms with van der Waals surface area (Å²) in [5.74, 6) is -0.441. The molecule has 1 heterocycles. The number of aryl methyl sites for hydroxylation is 1. The van der Waals surface area contributed by atoms with Gasteiger partial charge in [-0.1, -0.05) is 24.3 Å². The van der Waals surface area contributed by atoms with Crippen molar-refractivity contribution in [3.63, 3.8) is 0 Å². The van der Waals surface area contributed by atoms with Crippen molar-refractivity contribution in [3.8, 4) is 0 Å². The highest BCUT2D eigenvalue weighted by atomic mass is 32.2. The van der Waals surface area contributed by atoms with Gasteiger partial charge in [-0.2, -0.15) is 0 Å². The second kappa shape index (κ2) is 6.35. The van der Waals surface area contributed by atoms with Crippen molar-refractivity contribution in [1.29, 1.82) is 0 Å². The number of nitrogens with two attached hydrogens (primary N) is 1. The first-order chi connectivity index (χ1) is 11.4. The topological polar surface area (TPSA) is 85.3 Å². The zero-order valence-corrected chi connectivity index (χ0v) is 13.9. The van der Waals surface area contributed by atoms with Gasteiger partial charge in [-0.15, -0.1) is 0 Å². The first kappa shape index (κ1) is 16.6. The van der Waals surface area contributed by atoms with Gasteiger partial charge < -0.3 is 10.2 Å². The summed E-state index contributed by atoms with van der Waals surface area (Å²) in [7, 11) is -3.84. The number of sulfonamides is 1. The molecule has 5 nitrogen and oxygen atoms in total. The predicted molar refractivity (Wildman–Crippen MR) is 89.3 cm³/mol. The number of furan rings is 1. The minimum Gasteiger partial charge on any atom is -0.443 e. The van der Waals surface area contributed by atoms with Crippen molar-refractivity contribution in [1.82, 2.24) is 4.72 Å². The summed E-state index contributed by atoms with van der Waals surface area (Å²) < 4.78 is 46.2. The number of hydrogen-bond acceptors (Lipinski definition) is 4. The van der Waals surface area contributed by atoms with E-state index in [2.05, 4.69) is 4.72 Å². The van der Waals surface area contributed by atoms with Crippen LogP contribution in [0.5, 0.6) is 0 Å². The van der Waals surface area contributed by atoms with E-state index in [0.29, 0.717) is 23.1 Å². The SMILES string of the molecule is Cc1c(S(=O)(=O)NCc2ccc(CN)cc2)oc2ccc(F)cc12. The highest BCUT2D eigenvalue weighted by Crippen LogP contribution is 2.29. The summed E-state index contributed by atoms with van der Waals surface area (Å²) in [6.45, 7) is 2.15. The molecule has 3 rings (SSSR count). The van der Waals surface area contributed by atoms with E-state index in [0.717, 1.165) is 11.1 Å². The van der Waals surface area contributed by atoms with Gasteiger partial charge in [-0.3, -0.25) is 0 Å². The normalized spacial score (nSPS) is 12.0. The summed E-state index contributed by atoms with van der Waals surface area (Å²) in [6, 6.07) is 11.2. The van der Waals surface area contributed by atoms with E-state index in [9.17, 15) is 12.8 Å². The van der Waals surface area contributed by atoms with Gasteiger partial charge in [0.1, 0.15) is 11.4 Å². The number of rotatable bonds is 5. The second-order valence-corrected chi connectivity index (χ2v) is 7.17. The average Bonchev–Trinajstić information content (AvgIpc) is 2.91. The van der Waals surface area contributed by atoms with E-state index in [-0.39, 0.29) is 11.6 Å². The molecule has 0 amide bonds. The molecule has 24 heavy (non-hydrogen) atoms. The van der Waals surface area contributed by atoms with Gasteiger partial charge in [-0.25, -0.2) is 17.5 Å². The molecule has 0 unspecified atom stereocenters. The smallest absolute Gasteiger partial charge is 0.274 e. The monoisotopic (exact) mass is 348 g/mol. The van der Waals surface area contributed by atoms with E-state index >= 15 is 0 Å². The van der Waals surface area contributed by atoms with Crippen LogP contribution in [0.15, 0.2) is 52.0 Å². The summed E-state index contributed by atoms with van der Waals surface area (Å²) in [5.41, 5.74) is 8.02. The summed E-state index contributed by atoms with van der Waals surface area (Å²) >= 11 is 0. The summed E-state index contributed by atoms with van der Waals surface area (Å²) in [4.78, 5) is 0. The molecule has 0 saturated carbocycles. The van der Waals surface area contributed by atoms with Crippen LogP contribution in [0.4, 0.5) is 4.39 Å². The van der Waals surface area contributed by atoms with E-state index in [1.165, 1.54) is 18.2 Å². The fourth-order valence-corrected chi connectivity index (χ4v) is 3.66. The Hall–Kier alpha value is -2.22. The second-order valence-electron chi connectivity index (χ2n) is 5.50. The van der Waals surface area contributed by atoms with Crippen LogP contribution in [0.25, 0.3) is 11.0 Å². The molecule has 126 valence electrons. The number of fused-ring (bicyclic) bond motifs is 1. The van der Waals surface area contributed by atoms with Crippen LogP contribution in [0, 0.1) is 12.7 Å². The molecular formula is C17H17FN2O3S. The van der Waals surface area contributed by atoms with Crippen LogP contribution >= 0.6 is 0 Å². The Bertz CT molecular complexity index is 979. The highest BCUT2D eigenvalue weighted by Gasteiger charge is 2.23. The lowest BCUT2D eigenvalue weighted by Crippen LogP contribution is -2.23. The van der Waals surface area contributed by atoms with Crippen molar-refractivity contribution in [3.05, 3.63) is 65.0 Å². The molecular weight excluding hydrogens is 331 g/mol. The van der Waals surface area contributed by atoms with Gasteiger partial charge in [0, 0.05) is 24.0 Å². The largest absolute Gasteiger partial charge is 0.443 e. The molecule has 0 spiro atoms. The van der Waals surface area contributed by atoms with Crippen LogP contribution in [0.2, 0.25) is 0 Å². The molecule has 1 aromatic heterocycles. The molecule has 0 aliphatic rings. The van der Waals surface area contributed by atoms with Crippen LogP contribution < -0.4 is 10.5 Å². The maximum Gasteiger partial charge on any atom is 0.274 e. The van der Waals surface area contributed by atoms with Crippen molar-refractivity contribution < 1.29 is 17.2 Å². The van der Waals surface area contributed by atoms with Gasteiger partial charge in [0.15, 0.2) is 0 Å². The maximum atomic E-state index is 13.3. The fraction of sp³-hybridized carbons (Fsp3) is 0.176. The van der Waals surface area contributed by atoms with E-state index < -0.39 is 15.8 Å². The van der Waals surface area contributed by atoms with Crippen molar-refractivity contribution in [2.45, 2.75) is 25.1 Å². The summed E-state index contributed by atoms with van der Waals surface area (Å²) in [5, 5.41) is 0.254. The van der Waals surface area contributed by atoms with Gasteiger partial charge in [0.05, 0.1) is 0 Å². The Morgan fingerprint density at radius 3 is 2.46 bits per heavy atom. The van der Waals surface area contributed by atoms with Crippen LogP contribution in [-0.4, -0.2) is 8.42 Å². The first-order valence-electron chi connectivity index (χ1n) is 7.37. The minimum absolute atomic E-state index is 0.123. The first-order valence-corrected chi connectivity index (χ1v) is 8.85. The molecule has 0 fully saturated rings. The number of halogens is 1. The van der Waals surface area contributed by atoms with E-state index in [1.807, 2.05) is 24.3 Å². The molecule has 0 saturated heterocycles. The lowest BCUT2D eigenvalue weighted by Gasteiger charge is -2.06. The van der Waals surface area contributed by atoms with Gasteiger partial charge in [0.2, 0.25) is 5.09 Å². The Balaban J connectivity index is 1.86. The highest BCUT2D eigenvalue weighted by molar-refractivity contribution is 7.89. The lowest BCUT2D eigenvalue weighted by molar-refractivity contribution is 0.471. The maximum absolute atomic E-state index is 13.3.